The highest BCUT2D eigenvalue weighted by atomic mass is 32.2. The summed E-state index contributed by atoms with van der Waals surface area (Å²) in [5, 5.41) is 8.33. The summed E-state index contributed by atoms with van der Waals surface area (Å²) in [7, 11) is 0. The molecule has 3 N–H and O–H groups in total. The van der Waals surface area contributed by atoms with Gasteiger partial charge in [-0.2, -0.15) is 0 Å². The van der Waals surface area contributed by atoms with Gasteiger partial charge in [-0.15, -0.1) is 11.8 Å². The minimum atomic E-state index is -0.322. The van der Waals surface area contributed by atoms with Crippen LogP contribution in [0.2, 0.25) is 0 Å². The molecule has 3 aromatic rings. The molecule has 0 fully saturated rings. The number of amides is 3. The van der Waals surface area contributed by atoms with Crippen LogP contribution in [0.5, 0.6) is 0 Å². The molecule has 0 saturated heterocycles. The third kappa shape index (κ3) is 6.21. The fourth-order valence-electron chi connectivity index (χ4n) is 2.39. The average molecular weight is 395 g/mol. The maximum absolute atomic E-state index is 12.0. The van der Waals surface area contributed by atoms with Crippen molar-refractivity contribution < 1.29 is 14.0 Å². The van der Waals surface area contributed by atoms with Gasteiger partial charge >= 0.3 is 6.03 Å². The summed E-state index contributed by atoms with van der Waals surface area (Å²) in [6.07, 6.45) is 2.33. The van der Waals surface area contributed by atoms with Crippen molar-refractivity contribution in [3.8, 4) is 0 Å². The lowest BCUT2D eigenvalue weighted by atomic mass is 10.2. The summed E-state index contributed by atoms with van der Waals surface area (Å²) in [4.78, 5) is 25.1. The van der Waals surface area contributed by atoms with E-state index in [1.54, 1.807) is 48.2 Å². The molecular weight excluding hydrogens is 374 g/mol. The van der Waals surface area contributed by atoms with Crippen molar-refractivity contribution in [1.82, 2.24) is 5.32 Å². The Labute approximate surface area is 167 Å². The van der Waals surface area contributed by atoms with Gasteiger partial charge in [0.1, 0.15) is 0 Å². The van der Waals surface area contributed by atoms with Crippen molar-refractivity contribution in [2.45, 2.75) is 11.3 Å². The maximum Gasteiger partial charge on any atom is 0.319 e. The first-order valence-electron chi connectivity index (χ1n) is 8.88. The number of carbonyl (C=O) groups excluding carboxylic acids is 2. The van der Waals surface area contributed by atoms with Crippen LogP contribution < -0.4 is 16.0 Å². The van der Waals surface area contributed by atoms with Crippen molar-refractivity contribution in [1.29, 1.82) is 0 Å². The van der Waals surface area contributed by atoms with E-state index in [2.05, 4.69) is 28.1 Å². The average Bonchev–Trinajstić information content (AvgIpc) is 3.25. The van der Waals surface area contributed by atoms with E-state index in [1.165, 1.54) is 11.2 Å². The molecule has 3 amide bonds. The number of nitrogens with one attached hydrogen (secondary N) is 3. The molecule has 0 radical (unpaired) electrons. The highest BCUT2D eigenvalue weighted by molar-refractivity contribution is 7.99. The van der Waals surface area contributed by atoms with Crippen LogP contribution >= 0.6 is 11.8 Å². The number of furan rings is 1. The first-order valence-corrected chi connectivity index (χ1v) is 9.87. The van der Waals surface area contributed by atoms with Crippen LogP contribution in [0.15, 0.2) is 82.3 Å². The summed E-state index contributed by atoms with van der Waals surface area (Å²) in [6, 6.07) is 20.0. The molecule has 0 spiro atoms. The normalized spacial score (nSPS) is 10.3. The zero-order chi connectivity index (χ0) is 19.6. The molecule has 0 unspecified atom stereocenters. The van der Waals surface area contributed by atoms with E-state index >= 15 is 0 Å². The second-order valence-electron chi connectivity index (χ2n) is 5.90. The van der Waals surface area contributed by atoms with Crippen molar-refractivity contribution >= 4 is 35.1 Å². The van der Waals surface area contributed by atoms with Crippen LogP contribution in [0.3, 0.4) is 0 Å². The Morgan fingerprint density at radius 3 is 2.25 bits per heavy atom. The molecule has 1 aromatic heterocycles. The lowest BCUT2D eigenvalue weighted by molar-refractivity contribution is 0.0996. The van der Waals surface area contributed by atoms with Gasteiger partial charge in [0.15, 0.2) is 5.76 Å². The third-order valence-corrected chi connectivity index (χ3v) is 4.86. The second kappa shape index (κ2) is 10.2. The molecule has 1 heterocycles. The fourth-order valence-corrected chi connectivity index (χ4v) is 3.27. The number of hydrogen-bond donors (Lipinski definition) is 3. The highest BCUT2D eigenvalue weighted by Crippen LogP contribution is 2.17. The van der Waals surface area contributed by atoms with E-state index in [0.29, 0.717) is 17.9 Å². The molecule has 0 bridgehead atoms. The minimum absolute atomic E-state index is 0.243. The van der Waals surface area contributed by atoms with Gasteiger partial charge in [-0.1, -0.05) is 18.2 Å². The third-order valence-electron chi connectivity index (χ3n) is 3.76. The summed E-state index contributed by atoms with van der Waals surface area (Å²) in [5.41, 5.74) is 1.26. The topological polar surface area (TPSA) is 83.4 Å². The SMILES string of the molecule is O=C(NCCCSc1ccccc1)Nc1ccc(NC(=O)c2ccco2)cc1. The first-order chi connectivity index (χ1) is 13.7. The second-order valence-corrected chi connectivity index (χ2v) is 7.07. The van der Waals surface area contributed by atoms with E-state index in [0.717, 1.165) is 12.2 Å². The van der Waals surface area contributed by atoms with Crippen molar-refractivity contribution in [2.24, 2.45) is 0 Å². The zero-order valence-electron chi connectivity index (χ0n) is 15.2. The van der Waals surface area contributed by atoms with Gasteiger partial charge in [0, 0.05) is 22.8 Å². The lowest BCUT2D eigenvalue weighted by Crippen LogP contribution is -2.29. The van der Waals surface area contributed by atoms with Crippen LogP contribution in [0.4, 0.5) is 16.2 Å². The van der Waals surface area contributed by atoms with Gasteiger partial charge in [-0.3, -0.25) is 4.79 Å². The van der Waals surface area contributed by atoms with Gasteiger partial charge in [0.2, 0.25) is 0 Å². The van der Waals surface area contributed by atoms with Crippen molar-refractivity contribution in [3.63, 3.8) is 0 Å². The molecule has 0 saturated carbocycles. The summed E-state index contributed by atoms with van der Waals surface area (Å²) >= 11 is 1.77. The summed E-state index contributed by atoms with van der Waals surface area (Å²) in [5.74, 6) is 0.859. The maximum atomic E-state index is 12.0. The Kier molecular flexibility index (Phi) is 7.14. The number of benzene rings is 2. The van der Waals surface area contributed by atoms with Crippen LogP contribution in [-0.4, -0.2) is 24.2 Å². The Morgan fingerprint density at radius 2 is 1.57 bits per heavy atom. The lowest BCUT2D eigenvalue weighted by Gasteiger charge is -2.09. The number of carbonyl (C=O) groups is 2. The van der Waals surface area contributed by atoms with Crippen LogP contribution in [0.25, 0.3) is 0 Å². The molecule has 28 heavy (non-hydrogen) atoms. The fraction of sp³-hybridized carbons (Fsp3) is 0.143. The standard InChI is InChI=1S/C21H21N3O3S/c25-20(19-8-4-14-27-19)23-16-9-11-17(12-10-16)24-21(26)22-13-5-15-28-18-6-2-1-3-7-18/h1-4,6-12,14H,5,13,15H2,(H,23,25)(H2,22,24,26). The van der Waals surface area contributed by atoms with E-state index in [4.69, 9.17) is 4.42 Å². The minimum Gasteiger partial charge on any atom is -0.459 e. The van der Waals surface area contributed by atoms with Gasteiger partial charge in [0.25, 0.3) is 5.91 Å². The monoisotopic (exact) mass is 395 g/mol. The van der Waals surface area contributed by atoms with E-state index in [-0.39, 0.29) is 17.7 Å². The number of hydrogen-bond acceptors (Lipinski definition) is 4. The van der Waals surface area contributed by atoms with Gasteiger partial charge in [-0.05, 0) is 60.7 Å². The Hall–Kier alpha value is -3.19. The van der Waals surface area contributed by atoms with Crippen LogP contribution in [-0.2, 0) is 0 Å². The predicted molar refractivity (Wildman–Crippen MR) is 112 cm³/mol. The van der Waals surface area contributed by atoms with Gasteiger partial charge in [0.05, 0.1) is 6.26 Å². The summed E-state index contributed by atoms with van der Waals surface area (Å²) in [6.45, 7) is 0.600. The molecule has 3 rings (SSSR count). The van der Waals surface area contributed by atoms with Gasteiger partial charge < -0.3 is 20.4 Å². The number of thioether (sulfide) groups is 1. The predicted octanol–water partition coefficient (Wildman–Crippen LogP) is 4.84. The molecule has 144 valence electrons. The van der Waals surface area contributed by atoms with Crippen LogP contribution in [0, 0.1) is 0 Å². The number of anilines is 2. The molecule has 2 aromatic carbocycles. The van der Waals surface area contributed by atoms with E-state index in [9.17, 15) is 9.59 Å². The zero-order valence-corrected chi connectivity index (χ0v) is 16.0. The number of urea groups is 1. The quantitative estimate of drug-likeness (QED) is 0.377. The molecular formula is C21H21N3O3S. The Balaban J connectivity index is 1.35. The van der Waals surface area contributed by atoms with Crippen molar-refractivity contribution in [3.05, 3.63) is 78.8 Å². The Morgan fingerprint density at radius 1 is 0.857 bits per heavy atom. The first kappa shape index (κ1) is 19.6. The molecule has 0 atom stereocenters. The molecule has 6 nitrogen and oxygen atoms in total. The molecule has 0 aliphatic heterocycles. The molecule has 0 aliphatic rings. The Bertz CT molecular complexity index is 881. The molecule has 7 heteroatoms. The van der Waals surface area contributed by atoms with E-state index < -0.39 is 0 Å². The highest BCUT2D eigenvalue weighted by Gasteiger charge is 2.08. The van der Waals surface area contributed by atoms with Gasteiger partial charge in [-0.25, -0.2) is 4.79 Å². The van der Waals surface area contributed by atoms with E-state index in [1.807, 2.05) is 18.2 Å². The smallest absolute Gasteiger partial charge is 0.319 e. The summed E-state index contributed by atoms with van der Waals surface area (Å²) < 4.78 is 5.04. The van der Waals surface area contributed by atoms with Crippen LogP contribution in [0.1, 0.15) is 17.0 Å². The number of rotatable bonds is 8. The molecule has 0 aliphatic carbocycles. The van der Waals surface area contributed by atoms with Crippen molar-refractivity contribution in [2.75, 3.05) is 22.9 Å². The largest absolute Gasteiger partial charge is 0.459 e.